The van der Waals surface area contributed by atoms with Crippen molar-refractivity contribution in [2.75, 3.05) is 11.5 Å². The lowest BCUT2D eigenvalue weighted by molar-refractivity contribution is 0.280. The van der Waals surface area contributed by atoms with Gasteiger partial charge in [0.25, 0.3) is 0 Å². The Morgan fingerprint density at radius 3 is 2.79 bits per heavy atom. The molecule has 2 heterocycles. The first-order valence-electron chi connectivity index (χ1n) is 4.00. The van der Waals surface area contributed by atoms with Crippen molar-refractivity contribution < 1.29 is 9.52 Å². The van der Waals surface area contributed by atoms with Crippen molar-refractivity contribution in [2.45, 2.75) is 6.61 Å². The Morgan fingerprint density at radius 2 is 2.29 bits per heavy atom. The maximum atomic E-state index is 8.83. The van der Waals surface area contributed by atoms with E-state index in [1.807, 2.05) is 0 Å². The molecule has 5 N–H and O–H groups in total. The number of hydrogen-bond donors (Lipinski definition) is 3. The van der Waals surface area contributed by atoms with Crippen LogP contribution in [0, 0.1) is 0 Å². The molecule has 2 rings (SSSR count). The molecule has 0 atom stereocenters. The van der Waals surface area contributed by atoms with Crippen LogP contribution in [-0.2, 0) is 6.61 Å². The van der Waals surface area contributed by atoms with Gasteiger partial charge in [-0.15, -0.1) is 0 Å². The summed E-state index contributed by atoms with van der Waals surface area (Å²) in [4.78, 5) is 0. The van der Waals surface area contributed by atoms with E-state index in [0.717, 1.165) is 0 Å². The lowest BCUT2D eigenvalue weighted by Gasteiger charge is -1.97. The smallest absolute Gasteiger partial charge is 0.221 e. The number of anilines is 2. The zero-order valence-corrected chi connectivity index (χ0v) is 7.34. The zero-order chi connectivity index (χ0) is 10.1. The normalized spacial score (nSPS) is 10.6. The highest BCUT2D eigenvalue weighted by molar-refractivity contribution is 5.59. The molecule has 6 heteroatoms. The van der Waals surface area contributed by atoms with Crippen molar-refractivity contribution in [3.63, 3.8) is 0 Å². The predicted molar refractivity (Wildman–Crippen MR) is 50.6 cm³/mol. The summed E-state index contributed by atoms with van der Waals surface area (Å²) >= 11 is 0. The molecule has 0 aliphatic carbocycles. The standard InChI is InChI=1S/C8H10N4O2/c9-6-2-11-12(8(6)10)7-1-5(3-13)4-14-7/h1-2,4,13H,3,9-10H2. The molecule has 0 spiro atoms. The van der Waals surface area contributed by atoms with Crippen LogP contribution in [0.3, 0.4) is 0 Å². The molecule has 0 amide bonds. The molecule has 0 saturated heterocycles. The largest absolute Gasteiger partial charge is 0.446 e. The van der Waals surface area contributed by atoms with Crippen molar-refractivity contribution in [3.05, 3.63) is 24.1 Å². The third-order valence-electron chi connectivity index (χ3n) is 1.87. The van der Waals surface area contributed by atoms with Crippen LogP contribution in [0.4, 0.5) is 11.5 Å². The number of hydrogen-bond acceptors (Lipinski definition) is 5. The van der Waals surface area contributed by atoms with Crippen LogP contribution in [0.2, 0.25) is 0 Å². The van der Waals surface area contributed by atoms with E-state index in [1.54, 1.807) is 6.07 Å². The van der Waals surface area contributed by atoms with Crippen LogP contribution in [0.15, 0.2) is 22.9 Å². The summed E-state index contributed by atoms with van der Waals surface area (Å²) in [6.45, 7) is -0.0832. The summed E-state index contributed by atoms with van der Waals surface area (Å²) in [5.41, 5.74) is 12.2. The number of nitrogen functional groups attached to an aromatic ring is 2. The highest BCUT2D eigenvalue weighted by atomic mass is 16.3. The fourth-order valence-corrected chi connectivity index (χ4v) is 1.10. The second-order valence-corrected chi connectivity index (χ2v) is 2.85. The van der Waals surface area contributed by atoms with Gasteiger partial charge >= 0.3 is 0 Å². The van der Waals surface area contributed by atoms with Crippen LogP contribution in [-0.4, -0.2) is 14.9 Å². The minimum absolute atomic E-state index is 0.0832. The van der Waals surface area contributed by atoms with Crippen molar-refractivity contribution in [2.24, 2.45) is 0 Å². The molecule has 0 bridgehead atoms. The van der Waals surface area contributed by atoms with Gasteiger partial charge in [-0.1, -0.05) is 0 Å². The first-order valence-corrected chi connectivity index (χ1v) is 4.00. The fourth-order valence-electron chi connectivity index (χ4n) is 1.10. The van der Waals surface area contributed by atoms with Crippen molar-refractivity contribution in [3.8, 4) is 5.88 Å². The molecule has 0 saturated carbocycles. The highest BCUT2D eigenvalue weighted by Crippen LogP contribution is 2.20. The first kappa shape index (κ1) is 8.64. The Bertz CT molecular complexity index is 446. The minimum Gasteiger partial charge on any atom is -0.446 e. The SMILES string of the molecule is Nc1cnn(-c2cc(CO)co2)c1N. The minimum atomic E-state index is -0.0832. The molecule has 2 aromatic rings. The van der Waals surface area contributed by atoms with Crippen molar-refractivity contribution >= 4 is 11.5 Å². The Hall–Kier alpha value is -1.95. The van der Waals surface area contributed by atoms with Gasteiger partial charge in [0.15, 0.2) is 5.82 Å². The summed E-state index contributed by atoms with van der Waals surface area (Å²) in [6.07, 6.45) is 2.88. The molecule has 0 fully saturated rings. The Morgan fingerprint density at radius 1 is 1.50 bits per heavy atom. The number of nitrogens with zero attached hydrogens (tertiary/aromatic N) is 2. The molecule has 74 valence electrons. The lowest BCUT2D eigenvalue weighted by atomic mass is 10.4. The third-order valence-corrected chi connectivity index (χ3v) is 1.87. The Kier molecular flexibility index (Phi) is 1.90. The van der Waals surface area contributed by atoms with Crippen LogP contribution in [0.25, 0.3) is 5.88 Å². The molecule has 2 aromatic heterocycles. The number of nitrogens with two attached hydrogens (primary N) is 2. The predicted octanol–water partition coefficient (Wildman–Crippen LogP) is 0.122. The first-order chi connectivity index (χ1) is 6.72. The Balaban J connectivity index is 2.44. The summed E-state index contributed by atoms with van der Waals surface area (Å²) in [5.74, 6) is 0.757. The van der Waals surface area contributed by atoms with Crippen molar-refractivity contribution in [1.82, 2.24) is 9.78 Å². The second kappa shape index (κ2) is 3.08. The molecular formula is C8H10N4O2. The van der Waals surface area contributed by atoms with E-state index in [4.69, 9.17) is 21.0 Å². The fraction of sp³-hybridized carbons (Fsp3) is 0.125. The Labute approximate surface area is 79.7 Å². The van der Waals surface area contributed by atoms with Crippen LogP contribution >= 0.6 is 0 Å². The zero-order valence-electron chi connectivity index (χ0n) is 7.34. The van der Waals surface area contributed by atoms with E-state index in [9.17, 15) is 0 Å². The van der Waals surface area contributed by atoms with E-state index in [1.165, 1.54) is 17.1 Å². The van der Waals surface area contributed by atoms with Gasteiger partial charge in [-0.2, -0.15) is 9.78 Å². The van der Waals surface area contributed by atoms with E-state index >= 15 is 0 Å². The van der Waals surface area contributed by atoms with E-state index in [2.05, 4.69) is 5.10 Å². The average Bonchev–Trinajstić information content (AvgIpc) is 2.75. The van der Waals surface area contributed by atoms with Crippen LogP contribution in [0.1, 0.15) is 5.56 Å². The molecule has 14 heavy (non-hydrogen) atoms. The molecule has 6 nitrogen and oxygen atoms in total. The maximum Gasteiger partial charge on any atom is 0.221 e. The van der Waals surface area contributed by atoms with Crippen molar-refractivity contribution in [1.29, 1.82) is 0 Å². The molecular weight excluding hydrogens is 184 g/mol. The van der Waals surface area contributed by atoms with Gasteiger partial charge in [-0.05, 0) is 0 Å². The average molecular weight is 194 g/mol. The van der Waals surface area contributed by atoms with Gasteiger partial charge in [0.1, 0.15) is 0 Å². The van der Waals surface area contributed by atoms with E-state index in [0.29, 0.717) is 23.0 Å². The molecule has 0 radical (unpaired) electrons. The number of furan rings is 1. The maximum absolute atomic E-state index is 8.83. The lowest BCUT2D eigenvalue weighted by Crippen LogP contribution is -2.01. The van der Waals surface area contributed by atoms with Gasteiger partial charge in [-0.3, -0.25) is 0 Å². The van der Waals surface area contributed by atoms with Gasteiger partial charge < -0.3 is 21.0 Å². The number of aliphatic hydroxyl groups is 1. The summed E-state index contributed by atoms with van der Waals surface area (Å²) in [7, 11) is 0. The number of aliphatic hydroxyl groups excluding tert-OH is 1. The summed E-state index contributed by atoms with van der Waals surface area (Å²) < 4.78 is 6.51. The van der Waals surface area contributed by atoms with Crippen LogP contribution in [0.5, 0.6) is 0 Å². The van der Waals surface area contributed by atoms with Gasteiger partial charge in [-0.25, -0.2) is 0 Å². The monoisotopic (exact) mass is 194 g/mol. The third kappa shape index (κ3) is 1.21. The number of rotatable bonds is 2. The number of aromatic nitrogens is 2. The van der Waals surface area contributed by atoms with E-state index in [-0.39, 0.29) is 6.61 Å². The van der Waals surface area contributed by atoms with E-state index < -0.39 is 0 Å². The summed E-state index contributed by atoms with van der Waals surface area (Å²) in [6, 6.07) is 1.64. The topological polar surface area (TPSA) is 103 Å². The second-order valence-electron chi connectivity index (χ2n) is 2.85. The van der Waals surface area contributed by atoms with Gasteiger partial charge in [0.2, 0.25) is 5.88 Å². The van der Waals surface area contributed by atoms with Crippen LogP contribution < -0.4 is 11.5 Å². The molecule has 0 aliphatic heterocycles. The van der Waals surface area contributed by atoms with Gasteiger partial charge in [0, 0.05) is 11.6 Å². The molecule has 0 unspecified atom stereocenters. The summed E-state index contributed by atoms with van der Waals surface area (Å²) in [5, 5.41) is 12.8. The van der Waals surface area contributed by atoms with Gasteiger partial charge in [0.05, 0.1) is 24.8 Å². The quantitative estimate of drug-likeness (QED) is 0.630. The molecule has 0 aromatic carbocycles. The molecule has 0 aliphatic rings. The highest BCUT2D eigenvalue weighted by Gasteiger charge is 2.09.